The van der Waals surface area contributed by atoms with Crippen LogP contribution in [0.2, 0.25) is 0 Å². The van der Waals surface area contributed by atoms with Crippen LogP contribution < -0.4 is 5.32 Å². The van der Waals surface area contributed by atoms with Gasteiger partial charge in [0.2, 0.25) is 5.91 Å². The van der Waals surface area contributed by atoms with Crippen molar-refractivity contribution in [2.75, 3.05) is 13.2 Å². The Kier molecular flexibility index (Phi) is 4.75. The molecule has 0 bridgehead atoms. The first-order chi connectivity index (χ1) is 9.38. The van der Waals surface area contributed by atoms with E-state index >= 15 is 0 Å². The number of rotatable bonds is 5. The van der Waals surface area contributed by atoms with Gasteiger partial charge in [-0.15, -0.1) is 0 Å². The van der Waals surface area contributed by atoms with Gasteiger partial charge in [-0.1, -0.05) is 34.1 Å². The van der Waals surface area contributed by atoms with Gasteiger partial charge in [-0.05, 0) is 31.6 Å². The van der Waals surface area contributed by atoms with E-state index in [0.29, 0.717) is 18.4 Å². The molecular formula is C16H30N2O2. The molecule has 0 spiro atoms. The van der Waals surface area contributed by atoms with E-state index in [0.717, 1.165) is 25.9 Å². The first kappa shape index (κ1) is 15.8. The SMILES string of the molecule is CCC(C)C1NC(C(C)C)N(CC2(C)CCCO2)C1=O. The smallest absolute Gasteiger partial charge is 0.241 e. The van der Waals surface area contributed by atoms with Gasteiger partial charge in [0.1, 0.15) is 0 Å². The van der Waals surface area contributed by atoms with E-state index < -0.39 is 0 Å². The van der Waals surface area contributed by atoms with Crippen molar-refractivity contribution in [2.24, 2.45) is 11.8 Å². The average molecular weight is 282 g/mol. The second-order valence-electron chi connectivity index (χ2n) is 7.09. The summed E-state index contributed by atoms with van der Waals surface area (Å²) in [7, 11) is 0. The van der Waals surface area contributed by atoms with Gasteiger partial charge in [-0.25, -0.2) is 0 Å². The highest BCUT2D eigenvalue weighted by molar-refractivity contribution is 5.84. The molecule has 4 atom stereocenters. The van der Waals surface area contributed by atoms with Crippen LogP contribution in [0.3, 0.4) is 0 Å². The molecule has 1 amide bonds. The van der Waals surface area contributed by atoms with Crippen molar-refractivity contribution in [3.05, 3.63) is 0 Å². The van der Waals surface area contributed by atoms with Gasteiger partial charge < -0.3 is 9.64 Å². The van der Waals surface area contributed by atoms with Crippen LogP contribution in [0.15, 0.2) is 0 Å². The minimum Gasteiger partial charge on any atom is -0.373 e. The molecule has 0 saturated carbocycles. The summed E-state index contributed by atoms with van der Waals surface area (Å²) >= 11 is 0. The van der Waals surface area contributed by atoms with Gasteiger partial charge >= 0.3 is 0 Å². The predicted octanol–water partition coefficient (Wildman–Crippen LogP) is 2.38. The average Bonchev–Trinajstić information content (AvgIpc) is 2.95. The summed E-state index contributed by atoms with van der Waals surface area (Å²) in [5, 5.41) is 3.55. The van der Waals surface area contributed by atoms with Gasteiger partial charge in [-0.2, -0.15) is 0 Å². The van der Waals surface area contributed by atoms with Gasteiger partial charge in [0.15, 0.2) is 0 Å². The number of hydrogen-bond donors (Lipinski definition) is 1. The summed E-state index contributed by atoms with van der Waals surface area (Å²) < 4.78 is 5.88. The minimum absolute atomic E-state index is 0.0302. The molecule has 0 aromatic rings. The zero-order valence-electron chi connectivity index (χ0n) is 13.6. The minimum atomic E-state index is -0.158. The first-order valence-electron chi connectivity index (χ1n) is 8.08. The zero-order chi connectivity index (χ0) is 14.9. The van der Waals surface area contributed by atoms with Crippen molar-refractivity contribution < 1.29 is 9.53 Å². The molecule has 1 N–H and O–H groups in total. The molecule has 0 radical (unpaired) electrons. The summed E-state index contributed by atoms with van der Waals surface area (Å²) in [6.07, 6.45) is 3.32. The van der Waals surface area contributed by atoms with Crippen molar-refractivity contribution >= 4 is 5.91 Å². The molecule has 0 aromatic carbocycles. The molecule has 2 fully saturated rings. The number of nitrogens with one attached hydrogen (secondary N) is 1. The monoisotopic (exact) mass is 282 g/mol. The van der Waals surface area contributed by atoms with Crippen LogP contribution in [-0.4, -0.2) is 41.8 Å². The second-order valence-corrected chi connectivity index (χ2v) is 7.09. The van der Waals surface area contributed by atoms with Gasteiger partial charge in [0, 0.05) is 6.61 Å². The molecule has 116 valence electrons. The van der Waals surface area contributed by atoms with E-state index in [1.165, 1.54) is 0 Å². The summed E-state index contributed by atoms with van der Waals surface area (Å²) in [4.78, 5) is 14.8. The van der Waals surface area contributed by atoms with Crippen molar-refractivity contribution in [3.8, 4) is 0 Å². The highest BCUT2D eigenvalue weighted by Crippen LogP contribution is 2.30. The fourth-order valence-corrected chi connectivity index (χ4v) is 3.35. The Balaban J connectivity index is 2.13. The molecule has 2 heterocycles. The van der Waals surface area contributed by atoms with Crippen molar-refractivity contribution in [2.45, 2.75) is 71.7 Å². The molecule has 2 aliphatic rings. The van der Waals surface area contributed by atoms with Crippen molar-refractivity contribution in [3.63, 3.8) is 0 Å². The topological polar surface area (TPSA) is 41.6 Å². The van der Waals surface area contributed by atoms with E-state index in [1.54, 1.807) is 0 Å². The molecule has 20 heavy (non-hydrogen) atoms. The molecule has 2 aliphatic heterocycles. The zero-order valence-corrected chi connectivity index (χ0v) is 13.6. The highest BCUT2D eigenvalue weighted by Gasteiger charge is 2.45. The van der Waals surface area contributed by atoms with Gasteiger partial charge in [0.05, 0.1) is 24.4 Å². The van der Waals surface area contributed by atoms with E-state index in [4.69, 9.17) is 4.74 Å². The van der Waals surface area contributed by atoms with Crippen LogP contribution in [-0.2, 0) is 9.53 Å². The lowest BCUT2D eigenvalue weighted by molar-refractivity contribution is -0.135. The Morgan fingerprint density at radius 3 is 2.65 bits per heavy atom. The molecule has 0 aromatic heterocycles. The fraction of sp³-hybridized carbons (Fsp3) is 0.938. The van der Waals surface area contributed by atoms with Crippen LogP contribution >= 0.6 is 0 Å². The Labute approximate surface area is 123 Å². The Bertz CT molecular complexity index is 350. The lowest BCUT2D eigenvalue weighted by Gasteiger charge is -2.34. The van der Waals surface area contributed by atoms with Crippen LogP contribution in [0.4, 0.5) is 0 Å². The summed E-state index contributed by atoms with van der Waals surface area (Å²) in [5.41, 5.74) is -0.158. The molecular weight excluding hydrogens is 252 g/mol. The first-order valence-corrected chi connectivity index (χ1v) is 8.08. The number of nitrogens with zero attached hydrogens (tertiary/aromatic N) is 1. The molecule has 0 aliphatic carbocycles. The third-order valence-corrected chi connectivity index (χ3v) is 4.88. The van der Waals surface area contributed by atoms with Crippen molar-refractivity contribution in [1.29, 1.82) is 0 Å². The summed E-state index contributed by atoms with van der Waals surface area (Å²) in [5.74, 6) is 1.05. The van der Waals surface area contributed by atoms with Crippen LogP contribution in [0.1, 0.15) is 53.9 Å². The van der Waals surface area contributed by atoms with Crippen LogP contribution in [0.5, 0.6) is 0 Å². The second kappa shape index (κ2) is 6.02. The quantitative estimate of drug-likeness (QED) is 0.842. The largest absolute Gasteiger partial charge is 0.373 e. The summed E-state index contributed by atoms with van der Waals surface area (Å²) in [6, 6.07) is -0.0302. The lowest BCUT2D eigenvalue weighted by Crippen LogP contribution is -2.48. The number of ether oxygens (including phenoxy) is 1. The number of carbonyl (C=O) groups excluding carboxylic acids is 1. The standard InChI is InChI=1S/C16H30N2O2/c1-6-12(4)13-15(19)18(14(17-13)11(2)3)10-16(5)8-7-9-20-16/h11-14,17H,6-10H2,1-5H3. The maximum Gasteiger partial charge on any atom is 0.241 e. The lowest BCUT2D eigenvalue weighted by atomic mass is 9.98. The Morgan fingerprint density at radius 2 is 2.15 bits per heavy atom. The number of amides is 1. The third-order valence-electron chi connectivity index (χ3n) is 4.88. The Morgan fingerprint density at radius 1 is 1.45 bits per heavy atom. The molecule has 2 rings (SSSR count). The third kappa shape index (κ3) is 3.01. The van der Waals surface area contributed by atoms with E-state index in [1.807, 2.05) is 4.90 Å². The number of carbonyl (C=O) groups is 1. The van der Waals surface area contributed by atoms with E-state index in [9.17, 15) is 4.79 Å². The maximum absolute atomic E-state index is 12.8. The van der Waals surface area contributed by atoms with Crippen molar-refractivity contribution in [1.82, 2.24) is 10.2 Å². The van der Waals surface area contributed by atoms with Gasteiger partial charge in [0.25, 0.3) is 0 Å². The van der Waals surface area contributed by atoms with E-state index in [-0.39, 0.29) is 23.7 Å². The predicted molar refractivity (Wildman–Crippen MR) is 80.3 cm³/mol. The Hall–Kier alpha value is -0.610. The molecule has 4 nitrogen and oxygen atoms in total. The number of hydrogen-bond acceptors (Lipinski definition) is 3. The van der Waals surface area contributed by atoms with E-state index in [2.05, 4.69) is 39.9 Å². The van der Waals surface area contributed by atoms with Crippen LogP contribution in [0.25, 0.3) is 0 Å². The molecule has 2 saturated heterocycles. The highest BCUT2D eigenvalue weighted by atomic mass is 16.5. The van der Waals surface area contributed by atoms with Crippen LogP contribution in [0, 0.1) is 11.8 Å². The summed E-state index contributed by atoms with van der Waals surface area (Å²) in [6.45, 7) is 12.3. The maximum atomic E-state index is 12.8. The normalized spacial score (nSPS) is 36.1. The van der Waals surface area contributed by atoms with Gasteiger partial charge in [-0.3, -0.25) is 10.1 Å². The molecule has 4 unspecified atom stereocenters. The molecule has 4 heteroatoms. The fourth-order valence-electron chi connectivity index (χ4n) is 3.35.